The standard InChI is InChI=1S/C18H36ClIO6/c19-5-3-1-2-4-7-21-9-11-23-13-15-25-17-18-26-16-14-24-12-10-22-8-6-20/h1-18H2. The SMILES string of the molecule is ClCCCCCCOCCOCCOCCOCCOCCOCCI. The summed E-state index contributed by atoms with van der Waals surface area (Å²) in [5.41, 5.74) is 0. The molecule has 0 aromatic heterocycles. The van der Waals surface area contributed by atoms with Gasteiger partial charge in [-0.15, -0.1) is 11.6 Å². The molecule has 0 heterocycles. The molecule has 0 fully saturated rings. The average Bonchev–Trinajstić information content (AvgIpc) is 2.66. The van der Waals surface area contributed by atoms with Gasteiger partial charge < -0.3 is 28.4 Å². The van der Waals surface area contributed by atoms with Crippen LogP contribution in [0.2, 0.25) is 0 Å². The van der Waals surface area contributed by atoms with Crippen LogP contribution in [-0.2, 0) is 28.4 Å². The van der Waals surface area contributed by atoms with E-state index in [-0.39, 0.29) is 0 Å². The molecule has 0 aliphatic carbocycles. The quantitative estimate of drug-likeness (QED) is 0.119. The van der Waals surface area contributed by atoms with Crippen molar-refractivity contribution in [1.29, 1.82) is 0 Å². The van der Waals surface area contributed by atoms with Crippen molar-refractivity contribution < 1.29 is 28.4 Å². The van der Waals surface area contributed by atoms with Crippen LogP contribution in [0.15, 0.2) is 0 Å². The van der Waals surface area contributed by atoms with Gasteiger partial charge in [0.05, 0.1) is 72.7 Å². The van der Waals surface area contributed by atoms with Gasteiger partial charge in [0.15, 0.2) is 0 Å². The van der Waals surface area contributed by atoms with Gasteiger partial charge >= 0.3 is 0 Å². The minimum Gasteiger partial charge on any atom is -0.379 e. The van der Waals surface area contributed by atoms with E-state index in [4.69, 9.17) is 40.0 Å². The summed E-state index contributed by atoms with van der Waals surface area (Å²) in [6.07, 6.45) is 4.56. The number of halogens is 2. The lowest BCUT2D eigenvalue weighted by atomic mass is 10.2. The molecular weight excluding hydrogens is 475 g/mol. The van der Waals surface area contributed by atoms with E-state index in [1.54, 1.807) is 0 Å². The number of rotatable bonds is 23. The number of hydrogen-bond donors (Lipinski definition) is 0. The summed E-state index contributed by atoms with van der Waals surface area (Å²) in [5.74, 6) is 0.756. The fourth-order valence-electron chi connectivity index (χ4n) is 1.91. The molecule has 0 rings (SSSR count). The van der Waals surface area contributed by atoms with Crippen molar-refractivity contribution >= 4 is 34.2 Å². The molecule has 8 heteroatoms. The molecule has 0 aliphatic heterocycles. The summed E-state index contributed by atoms with van der Waals surface area (Å²) in [6, 6.07) is 0. The first-order valence-electron chi connectivity index (χ1n) is 9.50. The maximum Gasteiger partial charge on any atom is 0.0701 e. The lowest BCUT2D eigenvalue weighted by Crippen LogP contribution is -2.14. The summed E-state index contributed by atoms with van der Waals surface area (Å²) in [7, 11) is 0. The molecule has 0 unspecified atom stereocenters. The van der Waals surface area contributed by atoms with Crippen LogP contribution in [0.4, 0.5) is 0 Å². The van der Waals surface area contributed by atoms with Crippen LogP contribution in [0.1, 0.15) is 25.7 Å². The summed E-state index contributed by atoms with van der Waals surface area (Å²) in [5, 5.41) is 0. The van der Waals surface area contributed by atoms with E-state index in [0.29, 0.717) is 66.1 Å². The van der Waals surface area contributed by atoms with Gasteiger partial charge in [-0.2, -0.15) is 0 Å². The van der Waals surface area contributed by atoms with Crippen molar-refractivity contribution in [2.24, 2.45) is 0 Å². The highest BCUT2D eigenvalue weighted by Crippen LogP contribution is 2.01. The van der Waals surface area contributed by atoms with Crippen molar-refractivity contribution in [2.75, 3.05) is 89.6 Å². The largest absolute Gasteiger partial charge is 0.379 e. The van der Waals surface area contributed by atoms with E-state index in [0.717, 1.165) is 36.4 Å². The van der Waals surface area contributed by atoms with Gasteiger partial charge in [0.1, 0.15) is 0 Å². The number of unbranched alkanes of at least 4 members (excludes halogenated alkanes) is 3. The van der Waals surface area contributed by atoms with E-state index >= 15 is 0 Å². The summed E-state index contributed by atoms with van der Waals surface area (Å²) < 4.78 is 33.5. The molecule has 0 saturated heterocycles. The molecule has 0 amide bonds. The summed E-state index contributed by atoms with van der Waals surface area (Å²) >= 11 is 7.90. The molecule has 0 spiro atoms. The lowest BCUT2D eigenvalue weighted by molar-refractivity contribution is -0.0161. The van der Waals surface area contributed by atoms with Crippen LogP contribution in [-0.4, -0.2) is 89.6 Å². The third-order valence-corrected chi connectivity index (χ3v) is 3.96. The van der Waals surface area contributed by atoms with Crippen LogP contribution in [0, 0.1) is 0 Å². The first kappa shape index (κ1) is 26.8. The van der Waals surface area contributed by atoms with E-state index < -0.39 is 0 Å². The van der Waals surface area contributed by atoms with Crippen molar-refractivity contribution in [2.45, 2.75) is 25.7 Å². The molecule has 0 radical (unpaired) electrons. The van der Waals surface area contributed by atoms with Gasteiger partial charge in [0.25, 0.3) is 0 Å². The predicted molar refractivity (Wildman–Crippen MR) is 113 cm³/mol. The highest BCUT2D eigenvalue weighted by molar-refractivity contribution is 14.1. The molecule has 0 bridgehead atoms. The Kier molecular flexibility index (Phi) is 26.6. The predicted octanol–water partition coefficient (Wildman–Crippen LogP) is 3.32. The highest BCUT2D eigenvalue weighted by atomic mass is 127. The molecule has 0 aliphatic rings. The zero-order chi connectivity index (χ0) is 19.0. The van der Waals surface area contributed by atoms with Crippen LogP contribution < -0.4 is 0 Å². The van der Waals surface area contributed by atoms with Gasteiger partial charge in [-0.25, -0.2) is 0 Å². The fourth-order valence-corrected chi connectivity index (χ4v) is 2.41. The Hall–Kier alpha value is 0.780. The van der Waals surface area contributed by atoms with Gasteiger partial charge in [-0.1, -0.05) is 35.4 Å². The minimum atomic E-state index is 0.570. The summed E-state index contributed by atoms with van der Waals surface area (Å²) in [4.78, 5) is 0. The first-order chi connectivity index (χ1) is 12.9. The Labute approximate surface area is 177 Å². The van der Waals surface area contributed by atoms with Gasteiger partial charge in [-0.05, 0) is 12.8 Å². The van der Waals surface area contributed by atoms with Crippen molar-refractivity contribution in [1.82, 2.24) is 0 Å². The zero-order valence-corrected chi connectivity index (χ0v) is 18.8. The molecule has 158 valence electrons. The van der Waals surface area contributed by atoms with Crippen LogP contribution >= 0.6 is 34.2 Å². The zero-order valence-electron chi connectivity index (χ0n) is 15.9. The van der Waals surface area contributed by atoms with Gasteiger partial charge in [-0.3, -0.25) is 0 Å². The van der Waals surface area contributed by atoms with Gasteiger partial charge in [0.2, 0.25) is 0 Å². The molecule has 0 aromatic carbocycles. The molecule has 26 heavy (non-hydrogen) atoms. The maximum absolute atomic E-state index is 5.62. The number of ether oxygens (including phenoxy) is 6. The van der Waals surface area contributed by atoms with Crippen LogP contribution in [0.5, 0.6) is 0 Å². The topological polar surface area (TPSA) is 55.4 Å². The third kappa shape index (κ3) is 24.8. The molecule has 0 aromatic rings. The molecular formula is C18H36ClIO6. The van der Waals surface area contributed by atoms with E-state index in [1.165, 1.54) is 12.8 Å². The second kappa shape index (κ2) is 25.8. The van der Waals surface area contributed by atoms with E-state index in [9.17, 15) is 0 Å². The monoisotopic (exact) mass is 510 g/mol. The normalized spacial score (nSPS) is 11.3. The Bertz CT molecular complexity index is 228. The van der Waals surface area contributed by atoms with E-state index in [2.05, 4.69) is 22.6 Å². The second-order valence-corrected chi connectivity index (χ2v) is 6.92. The highest BCUT2D eigenvalue weighted by Gasteiger charge is 1.94. The first-order valence-corrected chi connectivity index (χ1v) is 11.6. The molecule has 0 atom stereocenters. The number of alkyl halides is 2. The Balaban J connectivity index is 2.95. The van der Waals surface area contributed by atoms with Crippen LogP contribution in [0.3, 0.4) is 0 Å². The van der Waals surface area contributed by atoms with Crippen molar-refractivity contribution in [3.63, 3.8) is 0 Å². The Morgan fingerprint density at radius 3 is 1.15 bits per heavy atom. The smallest absolute Gasteiger partial charge is 0.0701 e. The second-order valence-electron chi connectivity index (χ2n) is 5.47. The van der Waals surface area contributed by atoms with Gasteiger partial charge in [0, 0.05) is 16.9 Å². The Morgan fingerprint density at radius 1 is 0.423 bits per heavy atom. The lowest BCUT2D eigenvalue weighted by Gasteiger charge is -2.08. The third-order valence-electron chi connectivity index (χ3n) is 3.25. The average molecular weight is 511 g/mol. The molecule has 6 nitrogen and oxygen atoms in total. The van der Waals surface area contributed by atoms with E-state index in [1.807, 2.05) is 0 Å². The summed E-state index contributed by atoms with van der Waals surface area (Å²) in [6.45, 7) is 7.56. The molecule has 0 saturated carbocycles. The van der Waals surface area contributed by atoms with Crippen molar-refractivity contribution in [3.05, 3.63) is 0 Å². The molecule has 0 N–H and O–H groups in total. The van der Waals surface area contributed by atoms with Crippen molar-refractivity contribution in [3.8, 4) is 0 Å². The fraction of sp³-hybridized carbons (Fsp3) is 1.00. The minimum absolute atomic E-state index is 0.570. The maximum atomic E-state index is 5.62. The Morgan fingerprint density at radius 2 is 0.769 bits per heavy atom. The number of hydrogen-bond acceptors (Lipinski definition) is 6. The van der Waals surface area contributed by atoms with Crippen LogP contribution in [0.25, 0.3) is 0 Å².